The highest BCUT2D eigenvalue weighted by Crippen LogP contribution is 2.39. The van der Waals surface area contributed by atoms with Crippen molar-refractivity contribution >= 4 is 11.9 Å². The summed E-state index contributed by atoms with van der Waals surface area (Å²) in [5.41, 5.74) is -0.968. The molecular formula is C19H23F3N6O2. The number of halogens is 3. The fourth-order valence-electron chi connectivity index (χ4n) is 3.87. The number of carbonyl (C=O) groups is 2. The monoisotopic (exact) mass is 424 g/mol. The lowest BCUT2D eigenvalue weighted by Crippen LogP contribution is -2.40. The zero-order valence-electron chi connectivity index (χ0n) is 16.7. The molecule has 1 aliphatic carbocycles. The summed E-state index contributed by atoms with van der Waals surface area (Å²) in [7, 11) is 1.36. The molecule has 3 amide bonds. The summed E-state index contributed by atoms with van der Waals surface area (Å²) in [5.74, 6) is -1.08. The Hall–Kier alpha value is -2.98. The average molecular weight is 424 g/mol. The van der Waals surface area contributed by atoms with Gasteiger partial charge < -0.3 is 5.32 Å². The number of carbonyl (C=O) groups excluding carboxylic acids is 2. The fraction of sp³-hybridized carbons (Fsp3) is 0.526. The Labute approximate surface area is 171 Å². The molecule has 0 saturated heterocycles. The standard InChI is InChI=1S/C19H23F3N6O2/c1-11-25-26-27-28(11)16-8-7-13(10-15(16)19(20,21)22)14(9-12-5-3-4-6-12)17(29)24-18(30)23-2/h7-8,10,12,14H,3-6,9H2,1-2H3,(H2,23,24,29,30). The third-order valence-corrected chi connectivity index (χ3v) is 5.41. The first-order valence-electron chi connectivity index (χ1n) is 9.69. The smallest absolute Gasteiger partial charge is 0.341 e. The van der Waals surface area contributed by atoms with Crippen molar-refractivity contribution in [2.24, 2.45) is 5.92 Å². The van der Waals surface area contributed by atoms with Gasteiger partial charge >= 0.3 is 12.2 Å². The molecule has 2 aromatic rings. The van der Waals surface area contributed by atoms with Crippen LogP contribution in [0.4, 0.5) is 18.0 Å². The quantitative estimate of drug-likeness (QED) is 0.768. The third kappa shape index (κ3) is 4.77. The predicted molar refractivity (Wildman–Crippen MR) is 101 cm³/mol. The van der Waals surface area contributed by atoms with Crippen LogP contribution in [0.2, 0.25) is 0 Å². The van der Waals surface area contributed by atoms with Crippen LogP contribution < -0.4 is 10.6 Å². The van der Waals surface area contributed by atoms with Crippen molar-refractivity contribution < 1.29 is 22.8 Å². The average Bonchev–Trinajstić information content (AvgIpc) is 3.36. The summed E-state index contributed by atoms with van der Waals surface area (Å²) in [4.78, 5) is 24.4. The van der Waals surface area contributed by atoms with Crippen LogP contribution in [0.5, 0.6) is 0 Å². The van der Waals surface area contributed by atoms with Gasteiger partial charge in [0.15, 0.2) is 5.82 Å². The summed E-state index contributed by atoms with van der Waals surface area (Å²) in [6.45, 7) is 1.49. The highest BCUT2D eigenvalue weighted by molar-refractivity contribution is 5.97. The van der Waals surface area contributed by atoms with E-state index in [2.05, 4.69) is 26.2 Å². The fourth-order valence-corrected chi connectivity index (χ4v) is 3.87. The SMILES string of the molecule is CNC(=O)NC(=O)C(CC1CCCC1)c1ccc(-n2nnnc2C)c(C(F)(F)F)c1. The Balaban J connectivity index is 2.02. The van der Waals surface area contributed by atoms with Crippen LogP contribution in [-0.4, -0.2) is 39.2 Å². The molecule has 0 spiro atoms. The van der Waals surface area contributed by atoms with Crippen LogP contribution in [0, 0.1) is 12.8 Å². The van der Waals surface area contributed by atoms with Crippen LogP contribution in [-0.2, 0) is 11.0 Å². The second-order valence-electron chi connectivity index (χ2n) is 7.42. The number of aryl methyl sites for hydroxylation is 1. The molecule has 162 valence electrons. The molecule has 1 saturated carbocycles. The van der Waals surface area contributed by atoms with Crippen LogP contribution >= 0.6 is 0 Å². The maximum atomic E-state index is 13.8. The molecule has 11 heteroatoms. The van der Waals surface area contributed by atoms with E-state index in [0.717, 1.165) is 36.4 Å². The Morgan fingerprint density at radius 2 is 1.97 bits per heavy atom. The van der Waals surface area contributed by atoms with E-state index in [1.54, 1.807) is 0 Å². The highest BCUT2D eigenvalue weighted by atomic mass is 19.4. The van der Waals surface area contributed by atoms with Gasteiger partial charge in [-0.1, -0.05) is 31.7 Å². The van der Waals surface area contributed by atoms with Crippen LogP contribution in [0.1, 0.15) is 55.0 Å². The van der Waals surface area contributed by atoms with Crippen molar-refractivity contribution in [2.45, 2.75) is 51.1 Å². The van der Waals surface area contributed by atoms with Gasteiger partial charge in [-0.3, -0.25) is 10.1 Å². The van der Waals surface area contributed by atoms with Crippen LogP contribution in [0.15, 0.2) is 18.2 Å². The number of amides is 3. The first kappa shape index (κ1) is 21.7. The number of rotatable bonds is 5. The molecule has 0 bridgehead atoms. The van der Waals surface area contributed by atoms with Crippen molar-refractivity contribution in [3.05, 3.63) is 35.2 Å². The summed E-state index contributed by atoms with van der Waals surface area (Å²) < 4.78 is 42.5. The Morgan fingerprint density at radius 3 is 2.53 bits per heavy atom. The van der Waals surface area contributed by atoms with Gasteiger partial charge in [-0.25, -0.2) is 4.79 Å². The number of tetrazole rings is 1. The molecule has 3 rings (SSSR count). The minimum atomic E-state index is -4.68. The van der Waals surface area contributed by atoms with Crippen molar-refractivity contribution in [3.63, 3.8) is 0 Å². The highest BCUT2D eigenvalue weighted by Gasteiger charge is 2.37. The molecule has 1 aromatic carbocycles. The van der Waals surface area contributed by atoms with E-state index in [0.29, 0.717) is 6.42 Å². The lowest BCUT2D eigenvalue weighted by atomic mass is 9.86. The lowest BCUT2D eigenvalue weighted by molar-refractivity contribution is -0.137. The number of nitrogens with zero attached hydrogens (tertiary/aromatic N) is 4. The molecule has 0 aliphatic heterocycles. The molecule has 1 aromatic heterocycles. The molecule has 0 radical (unpaired) electrons. The molecule has 1 fully saturated rings. The summed E-state index contributed by atoms with van der Waals surface area (Å²) >= 11 is 0. The number of alkyl halides is 3. The van der Waals surface area contributed by atoms with Crippen LogP contribution in [0.25, 0.3) is 5.69 Å². The molecular weight excluding hydrogens is 401 g/mol. The van der Waals surface area contributed by atoms with Crippen molar-refractivity contribution in [3.8, 4) is 5.69 Å². The number of aromatic nitrogens is 4. The van der Waals surface area contributed by atoms with Crippen LogP contribution in [0.3, 0.4) is 0 Å². The Kier molecular flexibility index (Phi) is 6.37. The normalized spacial score (nSPS) is 15.8. The number of hydrogen-bond acceptors (Lipinski definition) is 5. The zero-order valence-corrected chi connectivity index (χ0v) is 16.7. The maximum Gasteiger partial charge on any atom is 0.418 e. The van der Waals surface area contributed by atoms with E-state index in [1.807, 2.05) is 0 Å². The molecule has 1 atom stereocenters. The van der Waals surface area contributed by atoms with E-state index in [-0.39, 0.29) is 23.0 Å². The number of nitrogens with one attached hydrogen (secondary N) is 2. The largest absolute Gasteiger partial charge is 0.418 e. The number of urea groups is 1. The zero-order chi connectivity index (χ0) is 21.9. The van der Waals surface area contributed by atoms with Crippen molar-refractivity contribution in [1.82, 2.24) is 30.8 Å². The molecule has 8 nitrogen and oxygen atoms in total. The molecule has 1 unspecified atom stereocenters. The van der Waals surface area contributed by atoms with Gasteiger partial charge in [-0.15, -0.1) is 5.10 Å². The van der Waals surface area contributed by atoms with E-state index >= 15 is 0 Å². The summed E-state index contributed by atoms with van der Waals surface area (Å²) in [6, 6.07) is 2.98. The Morgan fingerprint density at radius 1 is 1.27 bits per heavy atom. The molecule has 1 heterocycles. The minimum absolute atomic E-state index is 0.199. The van der Waals surface area contributed by atoms with Gasteiger partial charge in [-0.2, -0.15) is 17.9 Å². The van der Waals surface area contributed by atoms with Gasteiger partial charge in [0, 0.05) is 7.05 Å². The van der Waals surface area contributed by atoms with Gasteiger partial charge in [0.2, 0.25) is 5.91 Å². The first-order chi connectivity index (χ1) is 14.2. The summed E-state index contributed by atoms with van der Waals surface area (Å²) in [6.07, 6.45) is -0.419. The second kappa shape index (κ2) is 8.80. The van der Waals surface area contributed by atoms with Crippen molar-refractivity contribution in [1.29, 1.82) is 0 Å². The van der Waals surface area contributed by atoms with Gasteiger partial charge in [-0.05, 0) is 47.4 Å². The van der Waals surface area contributed by atoms with Gasteiger partial charge in [0.05, 0.1) is 17.2 Å². The topological polar surface area (TPSA) is 102 Å². The minimum Gasteiger partial charge on any atom is -0.341 e. The molecule has 1 aliphatic rings. The predicted octanol–water partition coefficient (Wildman–Crippen LogP) is 3.11. The molecule has 30 heavy (non-hydrogen) atoms. The number of imide groups is 1. The second-order valence-corrected chi connectivity index (χ2v) is 7.42. The van der Waals surface area contributed by atoms with E-state index in [9.17, 15) is 22.8 Å². The van der Waals surface area contributed by atoms with E-state index in [1.165, 1.54) is 26.1 Å². The maximum absolute atomic E-state index is 13.8. The van der Waals surface area contributed by atoms with Gasteiger partial charge in [0.25, 0.3) is 0 Å². The van der Waals surface area contributed by atoms with E-state index < -0.39 is 29.6 Å². The van der Waals surface area contributed by atoms with E-state index in [4.69, 9.17) is 0 Å². The molecule has 2 N–H and O–H groups in total. The summed E-state index contributed by atoms with van der Waals surface area (Å²) in [5, 5.41) is 15.2. The Bertz CT molecular complexity index is 921. The number of benzene rings is 1. The van der Waals surface area contributed by atoms with Crippen molar-refractivity contribution in [2.75, 3.05) is 7.05 Å². The first-order valence-corrected chi connectivity index (χ1v) is 9.69. The van der Waals surface area contributed by atoms with Gasteiger partial charge in [0.1, 0.15) is 0 Å². The lowest BCUT2D eigenvalue weighted by Gasteiger charge is -2.22. The number of hydrogen-bond donors (Lipinski definition) is 2. The third-order valence-electron chi connectivity index (χ3n) is 5.41.